The minimum Gasteiger partial charge on any atom is -0.485 e. The predicted octanol–water partition coefficient (Wildman–Crippen LogP) is 0.953. The highest BCUT2D eigenvalue weighted by atomic mass is 32.1. The molecule has 4 heterocycles. The molecular formula is C13H16N2O3S. The molecule has 0 spiro atoms. The van der Waals surface area contributed by atoms with Gasteiger partial charge < -0.3 is 19.7 Å². The molecule has 2 fully saturated rings. The van der Waals surface area contributed by atoms with Crippen molar-refractivity contribution in [2.75, 3.05) is 32.8 Å². The average Bonchev–Trinajstić information content (AvgIpc) is 3.12. The van der Waals surface area contributed by atoms with Crippen LogP contribution in [0.4, 0.5) is 0 Å². The van der Waals surface area contributed by atoms with Crippen LogP contribution in [0.3, 0.4) is 0 Å². The molecule has 1 amide bonds. The van der Waals surface area contributed by atoms with Gasteiger partial charge in [-0.3, -0.25) is 4.79 Å². The molecule has 1 aromatic rings. The van der Waals surface area contributed by atoms with Gasteiger partial charge in [-0.25, -0.2) is 0 Å². The maximum atomic E-state index is 12.7. The van der Waals surface area contributed by atoms with Crippen molar-refractivity contribution in [3.05, 3.63) is 10.3 Å². The van der Waals surface area contributed by atoms with Gasteiger partial charge in [-0.2, -0.15) is 0 Å². The van der Waals surface area contributed by atoms with Crippen molar-refractivity contribution in [2.24, 2.45) is 5.92 Å². The van der Waals surface area contributed by atoms with E-state index >= 15 is 0 Å². The van der Waals surface area contributed by atoms with E-state index in [0.717, 1.165) is 31.8 Å². The van der Waals surface area contributed by atoms with Gasteiger partial charge in [0.1, 0.15) is 18.1 Å². The summed E-state index contributed by atoms with van der Waals surface area (Å²) >= 11 is 1.43. The van der Waals surface area contributed by atoms with Crippen molar-refractivity contribution in [1.82, 2.24) is 10.2 Å². The zero-order valence-corrected chi connectivity index (χ0v) is 11.4. The smallest absolute Gasteiger partial charge is 0.268 e. The Morgan fingerprint density at radius 2 is 2.26 bits per heavy atom. The topological polar surface area (TPSA) is 50.8 Å². The number of nitrogens with one attached hydrogen (secondary N) is 1. The van der Waals surface area contributed by atoms with Gasteiger partial charge in [0, 0.05) is 31.1 Å². The lowest BCUT2D eigenvalue weighted by molar-refractivity contribution is 0.0733. The van der Waals surface area contributed by atoms with Crippen LogP contribution in [0, 0.1) is 5.92 Å². The fraction of sp³-hybridized carbons (Fsp3) is 0.615. The van der Waals surface area contributed by atoms with E-state index in [1.807, 2.05) is 10.3 Å². The number of hydrogen-bond acceptors (Lipinski definition) is 5. The number of amides is 1. The molecule has 102 valence electrons. The van der Waals surface area contributed by atoms with Crippen LogP contribution in [0.25, 0.3) is 0 Å². The summed E-state index contributed by atoms with van der Waals surface area (Å²) in [5.74, 6) is 2.10. The molecule has 2 unspecified atom stereocenters. The van der Waals surface area contributed by atoms with Crippen molar-refractivity contribution in [3.8, 4) is 11.5 Å². The molecule has 0 saturated carbocycles. The van der Waals surface area contributed by atoms with Gasteiger partial charge in [-0.05, 0) is 12.3 Å². The molecule has 0 bridgehead atoms. The van der Waals surface area contributed by atoms with Crippen molar-refractivity contribution in [1.29, 1.82) is 0 Å². The van der Waals surface area contributed by atoms with Gasteiger partial charge in [0.05, 0.1) is 0 Å². The number of nitrogens with zero attached hydrogens (tertiary/aromatic N) is 1. The summed E-state index contributed by atoms with van der Waals surface area (Å²) in [6.07, 6.45) is 1.11. The summed E-state index contributed by atoms with van der Waals surface area (Å²) in [4.78, 5) is 15.4. The first-order valence-electron chi connectivity index (χ1n) is 6.73. The second-order valence-corrected chi connectivity index (χ2v) is 6.11. The highest BCUT2D eigenvalue weighted by Crippen LogP contribution is 2.41. The van der Waals surface area contributed by atoms with Gasteiger partial charge in [0.15, 0.2) is 11.5 Å². The Morgan fingerprint density at radius 3 is 3.21 bits per heavy atom. The van der Waals surface area contributed by atoms with Crippen LogP contribution in [0.1, 0.15) is 16.1 Å². The van der Waals surface area contributed by atoms with Crippen LogP contribution in [-0.4, -0.2) is 49.7 Å². The minimum absolute atomic E-state index is 0.105. The molecule has 19 heavy (non-hydrogen) atoms. The summed E-state index contributed by atoms with van der Waals surface area (Å²) in [6, 6.07) is 0.356. The number of carbonyl (C=O) groups is 1. The monoisotopic (exact) mass is 280 g/mol. The minimum atomic E-state index is 0.105. The number of likely N-dealkylation sites (tertiary alicyclic amines) is 1. The molecule has 0 aliphatic carbocycles. The Morgan fingerprint density at radius 1 is 1.37 bits per heavy atom. The second kappa shape index (κ2) is 4.38. The van der Waals surface area contributed by atoms with E-state index in [1.165, 1.54) is 11.3 Å². The van der Waals surface area contributed by atoms with Gasteiger partial charge in [0.2, 0.25) is 0 Å². The molecule has 2 saturated heterocycles. The van der Waals surface area contributed by atoms with Gasteiger partial charge in [0.25, 0.3) is 5.91 Å². The first-order valence-corrected chi connectivity index (χ1v) is 7.61. The van der Waals surface area contributed by atoms with E-state index in [-0.39, 0.29) is 5.91 Å². The quantitative estimate of drug-likeness (QED) is 0.832. The van der Waals surface area contributed by atoms with E-state index in [1.54, 1.807) is 0 Å². The van der Waals surface area contributed by atoms with E-state index in [4.69, 9.17) is 9.47 Å². The maximum Gasteiger partial charge on any atom is 0.268 e. The molecule has 1 aromatic heterocycles. The predicted molar refractivity (Wildman–Crippen MR) is 71.1 cm³/mol. The number of thiophene rings is 1. The molecule has 1 N–H and O–H groups in total. The van der Waals surface area contributed by atoms with Crippen molar-refractivity contribution in [3.63, 3.8) is 0 Å². The molecular weight excluding hydrogens is 264 g/mol. The fourth-order valence-electron chi connectivity index (χ4n) is 3.24. The van der Waals surface area contributed by atoms with Crippen LogP contribution in [-0.2, 0) is 0 Å². The third-order valence-corrected chi connectivity index (χ3v) is 5.13. The SMILES string of the molecule is O=C(c1scc2c1OCCO2)N1CCC2CNCC21. The summed E-state index contributed by atoms with van der Waals surface area (Å²) in [6.45, 7) is 3.91. The highest BCUT2D eigenvalue weighted by Gasteiger charge is 2.41. The standard InChI is InChI=1S/C13H16N2O3S/c16-13(15-2-1-8-5-14-6-9(8)15)12-11-10(7-19-12)17-3-4-18-11/h7-9,14H,1-6H2. The number of ether oxygens (including phenoxy) is 2. The van der Waals surface area contributed by atoms with Crippen LogP contribution in [0.5, 0.6) is 11.5 Å². The first kappa shape index (κ1) is 11.5. The Bertz CT molecular complexity index is 516. The molecule has 2 atom stereocenters. The summed E-state index contributed by atoms with van der Waals surface area (Å²) in [5, 5.41) is 5.25. The zero-order valence-electron chi connectivity index (χ0n) is 10.6. The lowest BCUT2D eigenvalue weighted by atomic mass is 10.1. The molecule has 3 aliphatic heterocycles. The molecule has 4 rings (SSSR count). The van der Waals surface area contributed by atoms with Crippen LogP contribution >= 0.6 is 11.3 Å². The maximum absolute atomic E-state index is 12.7. The number of rotatable bonds is 1. The summed E-state index contributed by atoms with van der Waals surface area (Å²) in [7, 11) is 0. The Kier molecular flexibility index (Phi) is 2.66. The molecule has 0 radical (unpaired) electrons. The van der Waals surface area contributed by atoms with Crippen molar-refractivity contribution >= 4 is 17.2 Å². The average molecular weight is 280 g/mol. The normalized spacial score (nSPS) is 28.5. The third kappa shape index (κ3) is 1.74. The van der Waals surface area contributed by atoms with Gasteiger partial charge in [-0.1, -0.05) is 0 Å². The second-order valence-electron chi connectivity index (χ2n) is 5.23. The third-order valence-electron chi connectivity index (χ3n) is 4.20. The van der Waals surface area contributed by atoms with E-state index < -0.39 is 0 Å². The molecule has 0 aromatic carbocycles. The van der Waals surface area contributed by atoms with Crippen molar-refractivity contribution in [2.45, 2.75) is 12.5 Å². The summed E-state index contributed by atoms with van der Waals surface area (Å²) < 4.78 is 11.1. The van der Waals surface area contributed by atoms with Gasteiger partial charge >= 0.3 is 0 Å². The van der Waals surface area contributed by atoms with Crippen LogP contribution in [0.2, 0.25) is 0 Å². The van der Waals surface area contributed by atoms with Crippen LogP contribution in [0.15, 0.2) is 5.38 Å². The van der Waals surface area contributed by atoms with Crippen molar-refractivity contribution < 1.29 is 14.3 Å². The zero-order chi connectivity index (χ0) is 12.8. The first-order chi connectivity index (χ1) is 9.34. The lowest BCUT2D eigenvalue weighted by Gasteiger charge is -2.24. The Hall–Kier alpha value is -1.27. The fourth-order valence-corrected chi connectivity index (χ4v) is 4.13. The highest BCUT2D eigenvalue weighted by molar-refractivity contribution is 7.12. The number of hydrogen-bond donors (Lipinski definition) is 1. The van der Waals surface area contributed by atoms with E-state index in [9.17, 15) is 4.79 Å². The van der Waals surface area contributed by atoms with E-state index in [2.05, 4.69) is 5.32 Å². The summed E-state index contributed by atoms with van der Waals surface area (Å²) in [5.41, 5.74) is 0. The number of fused-ring (bicyclic) bond motifs is 2. The Balaban J connectivity index is 1.62. The largest absolute Gasteiger partial charge is 0.485 e. The van der Waals surface area contributed by atoms with Gasteiger partial charge in [-0.15, -0.1) is 11.3 Å². The number of carbonyl (C=O) groups excluding carboxylic acids is 1. The van der Waals surface area contributed by atoms with E-state index in [0.29, 0.717) is 35.8 Å². The molecule has 6 heteroatoms. The molecule has 5 nitrogen and oxygen atoms in total. The Labute approximate surface area is 115 Å². The van der Waals surface area contributed by atoms with Crippen LogP contribution < -0.4 is 14.8 Å². The molecule has 3 aliphatic rings. The lowest BCUT2D eigenvalue weighted by Crippen LogP contribution is -2.39.